The minimum Gasteiger partial charge on any atom is -0.379 e. The van der Waals surface area contributed by atoms with E-state index < -0.39 is 0 Å². The first kappa shape index (κ1) is 16.1. The summed E-state index contributed by atoms with van der Waals surface area (Å²) in [5, 5.41) is 4.80. The van der Waals surface area contributed by atoms with Crippen LogP contribution in [0.5, 0.6) is 0 Å². The molecule has 2 amide bonds. The molecule has 7 heteroatoms. The number of thiophene rings is 1. The maximum Gasteiger partial charge on any atom is 0.321 e. The number of anilines is 1. The largest absolute Gasteiger partial charge is 0.379 e. The number of urea groups is 1. The number of nitrogens with zero attached hydrogens (tertiary/aromatic N) is 2. The molecule has 5 nitrogen and oxygen atoms in total. The maximum absolute atomic E-state index is 12.4. The summed E-state index contributed by atoms with van der Waals surface area (Å²) in [6, 6.07) is 1.81. The first-order valence-electron chi connectivity index (χ1n) is 7.81. The van der Waals surface area contributed by atoms with Gasteiger partial charge in [-0.3, -0.25) is 4.90 Å². The lowest BCUT2D eigenvalue weighted by molar-refractivity contribution is 0.0252. The van der Waals surface area contributed by atoms with Gasteiger partial charge in [0.05, 0.1) is 18.9 Å². The van der Waals surface area contributed by atoms with Crippen LogP contribution in [0, 0.1) is 5.92 Å². The number of carbonyl (C=O) groups excluding carboxylic acids is 1. The number of halogens is 1. The van der Waals surface area contributed by atoms with E-state index in [-0.39, 0.29) is 6.03 Å². The Kier molecular flexibility index (Phi) is 5.57. The molecule has 0 aromatic carbocycles. The molecule has 2 saturated heterocycles. The van der Waals surface area contributed by atoms with E-state index in [1.165, 1.54) is 17.8 Å². The van der Waals surface area contributed by atoms with E-state index in [0.717, 1.165) is 52.4 Å². The predicted molar refractivity (Wildman–Crippen MR) is 89.9 cm³/mol. The summed E-state index contributed by atoms with van der Waals surface area (Å²) in [7, 11) is 0. The third-order valence-corrected chi connectivity index (χ3v) is 5.46. The van der Waals surface area contributed by atoms with Gasteiger partial charge in [0.2, 0.25) is 0 Å². The van der Waals surface area contributed by atoms with Crippen LogP contribution >= 0.6 is 22.9 Å². The Morgan fingerprint density at radius 2 is 2.23 bits per heavy atom. The highest BCUT2D eigenvalue weighted by molar-refractivity contribution is 7.15. The van der Waals surface area contributed by atoms with E-state index in [9.17, 15) is 4.79 Å². The van der Waals surface area contributed by atoms with Crippen molar-refractivity contribution in [2.75, 3.05) is 51.3 Å². The van der Waals surface area contributed by atoms with Crippen LogP contribution in [-0.2, 0) is 4.74 Å². The van der Waals surface area contributed by atoms with E-state index in [4.69, 9.17) is 16.3 Å². The molecule has 1 aromatic rings. The van der Waals surface area contributed by atoms with Crippen LogP contribution in [0.15, 0.2) is 11.4 Å². The number of carbonyl (C=O) groups is 1. The predicted octanol–water partition coefficient (Wildman–Crippen LogP) is 2.98. The second-order valence-electron chi connectivity index (χ2n) is 5.91. The normalized spacial score (nSPS) is 23.5. The summed E-state index contributed by atoms with van der Waals surface area (Å²) in [6.45, 7) is 6.38. The van der Waals surface area contributed by atoms with Crippen molar-refractivity contribution in [3.8, 4) is 0 Å². The highest BCUT2D eigenvalue weighted by atomic mass is 35.5. The molecule has 1 N–H and O–H groups in total. The van der Waals surface area contributed by atoms with Crippen molar-refractivity contribution >= 4 is 34.7 Å². The number of rotatable bonds is 3. The summed E-state index contributed by atoms with van der Waals surface area (Å²) in [5.41, 5.74) is 0.715. The fraction of sp³-hybridized carbons (Fsp3) is 0.667. The fourth-order valence-electron chi connectivity index (χ4n) is 3.12. The summed E-state index contributed by atoms with van der Waals surface area (Å²) >= 11 is 7.48. The van der Waals surface area contributed by atoms with Gasteiger partial charge in [0.15, 0.2) is 0 Å². The van der Waals surface area contributed by atoms with Gasteiger partial charge in [-0.25, -0.2) is 4.79 Å². The van der Waals surface area contributed by atoms with Crippen molar-refractivity contribution in [1.82, 2.24) is 9.80 Å². The van der Waals surface area contributed by atoms with Crippen molar-refractivity contribution in [3.63, 3.8) is 0 Å². The molecule has 0 bridgehead atoms. The van der Waals surface area contributed by atoms with Crippen LogP contribution in [0.1, 0.15) is 12.8 Å². The van der Waals surface area contributed by atoms with Crippen LogP contribution in [-0.4, -0.2) is 61.8 Å². The lowest BCUT2D eigenvalue weighted by Gasteiger charge is -2.36. The number of amides is 2. The van der Waals surface area contributed by atoms with Gasteiger partial charge in [0.1, 0.15) is 4.34 Å². The highest BCUT2D eigenvalue weighted by Crippen LogP contribution is 2.28. The van der Waals surface area contributed by atoms with Gasteiger partial charge in [-0.05, 0) is 30.2 Å². The van der Waals surface area contributed by atoms with Crippen LogP contribution in [0.25, 0.3) is 0 Å². The number of likely N-dealkylation sites (tertiary alicyclic amines) is 1. The number of nitrogens with one attached hydrogen (secondary N) is 1. The average Bonchev–Trinajstić information content (AvgIpc) is 2.94. The van der Waals surface area contributed by atoms with E-state index in [1.54, 1.807) is 0 Å². The van der Waals surface area contributed by atoms with Gasteiger partial charge in [0, 0.05) is 32.7 Å². The molecule has 1 aromatic heterocycles. The Bertz CT molecular complexity index is 505. The quantitative estimate of drug-likeness (QED) is 0.917. The highest BCUT2D eigenvalue weighted by Gasteiger charge is 2.26. The standard InChI is InChI=1S/C15H22ClN3O2S/c16-14-13(3-9-22-14)17-15(20)19-4-1-2-12(11-19)10-18-5-7-21-8-6-18/h3,9,12H,1-2,4-8,10-11H2,(H,17,20)/t12-/m1/s1. The third kappa shape index (κ3) is 4.13. The zero-order valence-corrected chi connectivity index (χ0v) is 14.2. The van der Waals surface area contributed by atoms with Crippen LogP contribution in [0.3, 0.4) is 0 Å². The van der Waals surface area contributed by atoms with Gasteiger partial charge >= 0.3 is 6.03 Å². The zero-order valence-electron chi connectivity index (χ0n) is 12.6. The number of hydrogen-bond acceptors (Lipinski definition) is 4. The van der Waals surface area contributed by atoms with Crippen molar-refractivity contribution in [2.45, 2.75) is 12.8 Å². The van der Waals surface area contributed by atoms with Crippen LogP contribution in [0.2, 0.25) is 4.34 Å². The topological polar surface area (TPSA) is 44.8 Å². The Morgan fingerprint density at radius 3 is 2.95 bits per heavy atom. The Hall–Kier alpha value is -0.820. The number of piperidine rings is 1. The zero-order chi connectivity index (χ0) is 15.4. The number of hydrogen-bond donors (Lipinski definition) is 1. The molecule has 3 heterocycles. The van der Waals surface area contributed by atoms with Crippen molar-refractivity contribution in [3.05, 3.63) is 15.8 Å². The van der Waals surface area contributed by atoms with Crippen LogP contribution < -0.4 is 5.32 Å². The number of ether oxygens (including phenoxy) is 1. The molecule has 0 saturated carbocycles. The fourth-order valence-corrected chi connectivity index (χ4v) is 3.96. The van der Waals surface area contributed by atoms with Crippen LogP contribution in [0.4, 0.5) is 10.5 Å². The molecule has 1 atom stereocenters. The maximum atomic E-state index is 12.4. The van der Waals surface area contributed by atoms with Gasteiger partial charge in [-0.1, -0.05) is 11.6 Å². The molecular weight excluding hydrogens is 322 g/mol. The summed E-state index contributed by atoms with van der Waals surface area (Å²) in [4.78, 5) is 16.8. The molecule has 122 valence electrons. The molecular formula is C15H22ClN3O2S. The SMILES string of the molecule is O=C(Nc1ccsc1Cl)N1CCC[C@H](CN2CCOCC2)C1. The first-order valence-corrected chi connectivity index (χ1v) is 9.07. The van der Waals surface area contributed by atoms with E-state index >= 15 is 0 Å². The Labute approximate surface area is 140 Å². The van der Waals surface area contributed by atoms with Crippen molar-refractivity contribution in [2.24, 2.45) is 5.92 Å². The second-order valence-corrected chi connectivity index (χ2v) is 7.42. The minimum absolute atomic E-state index is 0.0352. The smallest absolute Gasteiger partial charge is 0.321 e. The molecule has 0 radical (unpaired) electrons. The van der Waals surface area contributed by atoms with Crippen molar-refractivity contribution in [1.29, 1.82) is 0 Å². The van der Waals surface area contributed by atoms with Gasteiger partial charge in [0.25, 0.3) is 0 Å². The lowest BCUT2D eigenvalue weighted by Crippen LogP contribution is -2.47. The van der Waals surface area contributed by atoms with Gasteiger partial charge in [-0.2, -0.15) is 0 Å². The Morgan fingerprint density at radius 1 is 1.41 bits per heavy atom. The van der Waals surface area contributed by atoms with Crippen molar-refractivity contribution < 1.29 is 9.53 Å². The molecule has 22 heavy (non-hydrogen) atoms. The molecule has 2 fully saturated rings. The average molecular weight is 344 g/mol. The molecule has 0 spiro atoms. The molecule has 0 unspecified atom stereocenters. The Balaban J connectivity index is 1.51. The summed E-state index contributed by atoms with van der Waals surface area (Å²) in [5.74, 6) is 0.551. The monoisotopic (exact) mass is 343 g/mol. The second kappa shape index (κ2) is 7.64. The lowest BCUT2D eigenvalue weighted by atomic mass is 9.97. The molecule has 2 aliphatic rings. The summed E-state index contributed by atoms with van der Waals surface area (Å²) < 4.78 is 6.02. The molecule has 0 aliphatic carbocycles. The molecule has 3 rings (SSSR count). The third-order valence-electron chi connectivity index (χ3n) is 4.29. The first-order chi connectivity index (χ1) is 10.7. The van der Waals surface area contributed by atoms with E-state index in [0.29, 0.717) is 15.9 Å². The van der Waals surface area contributed by atoms with E-state index in [2.05, 4.69) is 10.2 Å². The van der Waals surface area contributed by atoms with E-state index in [1.807, 2.05) is 16.3 Å². The van der Waals surface area contributed by atoms with Gasteiger partial charge < -0.3 is 15.0 Å². The molecule has 2 aliphatic heterocycles. The summed E-state index contributed by atoms with van der Waals surface area (Å²) in [6.07, 6.45) is 2.26. The minimum atomic E-state index is -0.0352. The number of morpholine rings is 1. The van der Waals surface area contributed by atoms with Gasteiger partial charge in [-0.15, -0.1) is 11.3 Å².